The number of rotatable bonds is 5. The molecule has 1 unspecified atom stereocenters. The number of ether oxygens (including phenoxy) is 1. The van der Waals surface area contributed by atoms with Gasteiger partial charge in [-0.25, -0.2) is 0 Å². The molecular weight excluding hydrogens is 280 g/mol. The van der Waals surface area contributed by atoms with Gasteiger partial charge in [0.15, 0.2) is 0 Å². The second kappa shape index (κ2) is 6.63. The molecule has 1 atom stereocenters. The quantitative estimate of drug-likeness (QED) is 0.906. The van der Waals surface area contributed by atoms with Crippen molar-refractivity contribution in [3.8, 4) is 6.07 Å². The molecule has 17 heavy (non-hydrogen) atoms. The van der Waals surface area contributed by atoms with E-state index in [1.54, 1.807) is 13.2 Å². The van der Waals surface area contributed by atoms with Gasteiger partial charge in [0, 0.05) is 11.6 Å². The minimum atomic E-state index is 0.196. The van der Waals surface area contributed by atoms with Gasteiger partial charge in [-0.2, -0.15) is 5.26 Å². The van der Waals surface area contributed by atoms with Gasteiger partial charge in [-0.05, 0) is 24.1 Å². The van der Waals surface area contributed by atoms with E-state index in [2.05, 4.69) is 41.2 Å². The molecule has 0 aliphatic rings. The Morgan fingerprint density at radius 1 is 1.47 bits per heavy atom. The van der Waals surface area contributed by atoms with Crippen LogP contribution in [0.3, 0.4) is 0 Å². The Morgan fingerprint density at radius 2 is 2.18 bits per heavy atom. The van der Waals surface area contributed by atoms with Crippen LogP contribution in [-0.4, -0.2) is 19.8 Å². The Bertz CT molecular complexity index is 412. The van der Waals surface area contributed by atoms with Crippen LogP contribution in [0.25, 0.3) is 0 Å². The van der Waals surface area contributed by atoms with Gasteiger partial charge in [0.05, 0.1) is 23.9 Å². The smallest absolute Gasteiger partial charge is 0.101 e. The van der Waals surface area contributed by atoms with E-state index in [1.807, 2.05) is 12.1 Å². The molecule has 0 radical (unpaired) electrons. The summed E-state index contributed by atoms with van der Waals surface area (Å²) in [7, 11) is 1.68. The fourth-order valence-corrected chi connectivity index (χ4v) is 1.87. The lowest BCUT2D eigenvalue weighted by atomic mass is 10.0. The minimum absolute atomic E-state index is 0.196. The summed E-state index contributed by atoms with van der Waals surface area (Å²) in [5, 5.41) is 12.4. The first-order valence-corrected chi connectivity index (χ1v) is 6.33. The van der Waals surface area contributed by atoms with E-state index < -0.39 is 0 Å². The SMILES string of the molecule is COCC(Nc1cc(Br)ccc1C#N)C(C)C. The van der Waals surface area contributed by atoms with Gasteiger partial charge in [0.1, 0.15) is 6.07 Å². The van der Waals surface area contributed by atoms with E-state index in [4.69, 9.17) is 10.00 Å². The van der Waals surface area contributed by atoms with Crippen molar-refractivity contribution in [2.45, 2.75) is 19.9 Å². The lowest BCUT2D eigenvalue weighted by molar-refractivity contribution is 0.171. The third-order valence-electron chi connectivity index (χ3n) is 2.59. The largest absolute Gasteiger partial charge is 0.383 e. The topological polar surface area (TPSA) is 45.0 Å². The van der Waals surface area contributed by atoms with Crippen LogP contribution in [-0.2, 0) is 4.74 Å². The van der Waals surface area contributed by atoms with Gasteiger partial charge in [-0.15, -0.1) is 0 Å². The highest BCUT2D eigenvalue weighted by Crippen LogP contribution is 2.22. The van der Waals surface area contributed by atoms with Gasteiger partial charge in [-0.3, -0.25) is 0 Å². The van der Waals surface area contributed by atoms with Crippen LogP contribution in [0.1, 0.15) is 19.4 Å². The van der Waals surface area contributed by atoms with E-state index in [9.17, 15) is 0 Å². The van der Waals surface area contributed by atoms with Gasteiger partial charge < -0.3 is 10.1 Å². The van der Waals surface area contributed by atoms with Crippen molar-refractivity contribution in [1.82, 2.24) is 0 Å². The predicted octanol–water partition coefficient (Wildman–Crippen LogP) is 3.40. The maximum atomic E-state index is 9.05. The number of hydrogen-bond acceptors (Lipinski definition) is 3. The van der Waals surface area contributed by atoms with Crippen LogP contribution in [0.15, 0.2) is 22.7 Å². The van der Waals surface area contributed by atoms with Gasteiger partial charge >= 0.3 is 0 Å². The summed E-state index contributed by atoms with van der Waals surface area (Å²) in [5.74, 6) is 0.431. The highest BCUT2D eigenvalue weighted by molar-refractivity contribution is 9.10. The molecule has 0 aliphatic carbocycles. The summed E-state index contributed by atoms with van der Waals surface area (Å²) in [4.78, 5) is 0. The van der Waals surface area contributed by atoms with Crippen LogP contribution < -0.4 is 5.32 Å². The van der Waals surface area contributed by atoms with E-state index in [1.165, 1.54) is 0 Å². The third kappa shape index (κ3) is 4.03. The van der Waals surface area contributed by atoms with E-state index in [0.717, 1.165) is 10.2 Å². The van der Waals surface area contributed by atoms with Gasteiger partial charge in [0.25, 0.3) is 0 Å². The number of nitriles is 1. The molecule has 0 aromatic heterocycles. The second-order valence-electron chi connectivity index (χ2n) is 4.25. The van der Waals surface area contributed by atoms with Crippen molar-refractivity contribution in [3.05, 3.63) is 28.2 Å². The van der Waals surface area contributed by atoms with Crippen molar-refractivity contribution in [3.63, 3.8) is 0 Å². The molecule has 0 bridgehead atoms. The lowest BCUT2D eigenvalue weighted by Crippen LogP contribution is -2.30. The predicted molar refractivity (Wildman–Crippen MR) is 73.0 cm³/mol. The lowest BCUT2D eigenvalue weighted by Gasteiger charge is -2.23. The first-order chi connectivity index (χ1) is 8.08. The second-order valence-corrected chi connectivity index (χ2v) is 5.17. The molecule has 0 amide bonds. The normalized spacial score (nSPS) is 12.2. The maximum absolute atomic E-state index is 9.05. The van der Waals surface area contributed by atoms with Crippen LogP contribution in [0, 0.1) is 17.2 Å². The summed E-state index contributed by atoms with van der Waals surface area (Å²) in [6.45, 7) is 4.87. The summed E-state index contributed by atoms with van der Waals surface area (Å²) in [6, 6.07) is 7.97. The number of anilines is 1. The van der Waals surface area contributed by atoms with Crippen molar-refractivity contribution in [2.75, 3.05) is 19.0 Å². The summed E-state index contributed by atoms with van der Waals surface area (Å²) in [6.07, 6.45) is 0. The van der Waals surface area contributed by atoms with Crippen molar-refractivity contribution >= 4 is 21.6 Å². The summed E-state index contributed by atoms with van der Waals surface area (Å²) < 4.78 is 6.14. The molecule has 0 fully saturated rings. The average molecular weight is 297 g/mol. The van der Waals surface area contributed by atoms with E-state index in [-0.39, 0.29) is 6.04 Å². The van der Waals surface area contributed by atoms with Gasteiger partial charge in [-0.1, -0.05) is 29.8 Å². The number of benzene rings is 1. The first-order valence-electron chi connectivity index (χ1n) is 5.53. The summed E-state index contributed by atoms with van der Waals surface area (Å²) in [5.41, 5.74) is 1.49. The molecule has 0 spiro atoms. The fourth-order valence-electron chi connectivity index (χ4n) is 1.51. The van der Waals surface area contributed by atoms with Gasteiger partial charge in [0.2, 0.25) is 0 Å². The molecular formula is C13H17BrN2O. The molecule has 1 N–H and O–H groups in total. The Hall–Kier alpha value is -1.05. The zero-order valence-electron chi connectivity index (χ0n) is 10.3. The molecule has 92 valence electrons. The highest BCUT2D eigenvalue weighted by Gasteiger charge is 2.14. The summed E-state index contributed by atoms with van der Waals surface area (Å²) >= 11 is 3.41. The third-order valence-corrected chi connectivity index (χ3v) is 3.09. The minimum Gasteiger partial charge on any atom is -0.383 e. The standard InChI is InChI=1S/C13H17BrN2O/c1-9(2)13(8-17-3)16-12-6-11(14)5-4-10(12)7-15/h4-6,9,13,16H,8H2,1-3H3. The molecule has 1 aromatic carbocycles. The number of nitrogens with one attached hydrogen (secondary N) is 1. The van der Waals surface area contributed by atoms with Crippen LogP contribution in [0.4, 0.5) is 5.69 Å². The Balaban J connectivity index is 2.92. The highest BCUT2D eigenvalue weighted by atomic mass is 79.9. The number of methoxy groups -OCH3 is 1. The Kier molecular flexibility index (Phi) is 5.46. The fraction of sp³-hybridized carbons (Fsp3) is 0.462. The monoisotopic (exact) mass is 296 g/mol. The molecule has 3 nitrogen and oxygen atoms in total. The van der Waals surface area contributed by atoms with Crippen molar-refractivity contribution < 1.29 is 4.74 Å². The number of nitrogens with zero attached hydrogens (tertiary/aromatic N) is 1. The van der Waals surface area contributed by atoms with Crippen LogP contribution in [0.2, 0.25) is 0 Å². The first kappa shape index (κ1) is 14.0. The number of hydrogen-bond donors (Lipinski definition) is 1. The maximum Gasteiger partial charge on any atom is 0.101 e. The molecule has 4 heteroatoms. The van der Waals surface area contributed by atoms with Crippen molar-refractivity contribution in [2.24, 2.45) is 5.92 Å². The van der Waals surface area contributed by atoms with Crippen LogP contribution in [0.5, 0.6) is 0 Å². The average Bonchev–Trinajstić information content (AvgIpc) is 2.28. The van der Waals surface area contributed by atoms with Crippen LogP contribution >= 0.6 is 15.9 Å². The molecule has 0 saturated heterocycles. The molecule has 1 rings (SSSR count). The molecule has 0 heterocycles. The molecule has 1 aromatic rings. The molecule has 0 aliphatic heterocycles. The Morgan fingerprint density at radius 3 is 2.71 bits per heavy atom. The Labute approximate surface area is 111 Å². The molecule has 0 saturated carbocycles. The zero-order chi connectivity index (χ0) is 12.8. The zero-order valence-corrected chi connectivity index (χ0v) is 11.9. The van der Waals surface area contributed by atoms with Crippen molar-refractivity contribution in [1.29, 1.82) is 5.26 Å². The number of halogens is 1. The van der Waals surface area contributed by atoms with E-state index in [0.29, 0.717) is 18.1 Å². The van der Waals surface area contributed by atoms with E-state index >= 15 is 0 Å².